The van der Waals surface area contributed by atoms with Gasteiger partial charge in [0.15, 0.2) is 0 Å². The molecule has 0 N–H and O–H groups in total. The highest BCUT2D eigenvalue weighted by Crippen LogP contribution is 2.62. The number of rotatable bonds is 10. The Morgan fingerprint density at radius 3 is 2.13 bits per heavy atom. The van der Waals surface area contributed by atoms with E-state index in [4.69, 9.17) is 22.9 Å². The normalized spacial score (nSPS) is 15.4. The van der Waals surface area contributed by atoms with Crippen LogP contribution in [0.4, 0.5) is 13.2 Å². The van der Waals surface area contributed by atoms with Crippen molar-refractivity contribution in [2.75, 3.05) is 20.3 Å². The van der Waals surface area contributed by atoms with Crippen molar-refractivity contribution >= 4 is 13.6 Å². The molecule has 0 unspecified atom stereocenters. The number of methoxy groups -OCH3 is 1. The lowest BCUT2D eigenvalue weighted by molar-refractivity contribution is -0.277. The minimum absolute atomic E-state index is 0.00817. The van der Waals surface area contributed by atoms with E-state index in [1.165, 1.54) is 44.4 Å². The van der Waals surface area contributed by atoms with Crippen molar-refractivity contribution in [2.24, 2.45) is 0 Å². The number of esters is 1. The van der Waals surface area contributed by atoms with Crippen molar-refractivity contribution in [1.82, 2.24) is 0 Å². The zero-order chi connectivity index (χ0) is 22.4. The highest BCUT2D eigenvalue weighted by Gasteiger charge is 2.65. The lowest BCUT2D eigenvalue weighted by Crippen LogP contribution is -2.52. The molecule has 0 saturated heterocycles. The molecule has 2 aromatic rings. The number of carbonyl (C=O) groups excluding carboxylic acids is 1. The van der Waals surface area contributed by atoms with Crippen molar-refractivity contribution in [1.29, 1.82) is 0 Å². The largest absolute Gasteiger partial charge is 0.472 e. The average Bonchev–Trinajstić information content (AvgIpc) is 3.21. The van der Waals surface area contributed by atoms with Crippen LogP contribution in [0.2, 0.25) is 0 Å². The Kier molecular flexibility index (Phi) is 7.87. The quantitative estimate of drug-likeness (QED) is 0.364. The molecule has 0 spiro atoms. The standard InChI is InChI=1S/C19H22F3O7P/c1-4-27-30(24,28-5-2)16(14-11-12-26-13-14)29-17(23)18(25-3,19(20,21)22)15-9-7-6-8-10-15/h6-13,16H,4-5H2,1-3H3/t16-,18+/m0/s1. The minimum atomic E-state index is -5.19. The molecule has 0 saturated carbocycles. The van der Waals surface area contributed by atoms with Crippen LogP contribution >= 0.6 is 7.60 Å². The van der Waals surface area contributed by atoms with Crippen LogP contribution < -0.4 is 0 Å². The molecule has 0 aliphatic carbocycles. The van der Waals surface area contributed by atoms with Gasteiger partial charge in [0.1, 0.15) is 0 Å². The van der Waals surface area contributed by atoms with E-state index in [0.717, 1.165) is 25.5 Å². The van der Waals surface area contributed by atoms with Crippen LogP contribution in [0, 0.1) is 0 Å². The number of furan rings is 1. The fraction of sp³-hybridized carbons (Fsp3) is 0.421. The fourth-order valence-corrected chi connectivity index (χ4v) is 4.64. The molecule has 0 aliphatic heterocycles. The summed E-state index contributed by atoms with van der Waals surface area (Å²) in [5.41, 5.74) is -3.95. The number of ether oxygens (including phenoxy) is 2. The maximum atomic E-state index is 14.1. The van der Waals surface area contributed by atoms with Crippen LogP contribution in [0.5, 0.6) is 0 Å². The van der Waals surface area contributed by atoms with Crippen LogP contribution in [0.25, 0.3) is 0 Å². The van der Waals surface area contributed by atoms with Gasteiger partial charge in [0.2, 0.25) is 5.85 Å². The average molecular weight is 450 g/mol. The summed E-state index contributed by atoms with van der Waals surface area (Å²) in [5.74, 6) is -3.63. The summed E-state index contributed by atoms with van der Waals surface area (Å²) >= 11 is 0. The molecular weight excluding hydrogens is 428 g/mol. The summed E-state index contributed by atoms with van der Waals surface area (Å²) in [6.45, 7) is 2.82. The summed E-state index contributed by atoms with van der Waals surface area (Å²) in [4.78, 5) is 13.0. The zero-order valence-electron chi connectivity index (χ0n) is 16.5. The highest BCUT2D eigenvalue weighted by atomic mass is 31.2. The fourth-order valence-electron chi connectivity index (χ4n) is 2.83. The van der Waals surface area contributed by atoms with Crippen molar-refractivity contribution in [3.63, 3.8) is 0 Å². The number of hydrogen-bond donors (Lipinski definition) is 0. The van der Waals surface area contributed by atoms with Gasteiger partial charge in [-0.15, -0.1) is 0 Å². The van der Waals surface area contributed by atoms with Gasteiger partial charge >= 0.3 is 19.7 Å². The van der Waals surface area contributed by atoms with Gasteiger partial charge in [-0.25, -0.2) is 4.79 Å². The lowest BCUT2D eigenvalue weighted by atomic mass is 9.93. The summed E-state index contributed by atoms with van der Waals surface area (Å²) in [6, 6.07) is 7.57. The zero-order valence-corrected chi connectivity index (χ0v) is 17.4. The van der Waals surface area contributed by atoms with E-state index in [-0.39, 0.29) is 18.8 Å². The van der Waals surface area contributed by atoms with Crippen LogP contribution in [-0.4, -0.2) is 32.5 Å². The Morgan fingerprint density at radius 1 is 1.10 bits per heavy atom. The molecule has 1 aromatic heterocycles. The molecule has 0 radical (unpaired) electrons. The predicted molar refractivity (Wildman–Crippen MR) is 99.6 cm³/mol. The third-order valence-corrected chi connectivity index (χ3v) is 6.34. The lowest BCUT2D eigenvalue weighted by Gasteiger charge is -2.34. The molecule has 0 aliphatic rings. The molecule has 0 amide bonds. The van der Waals surface area contributed by atoms with Crippen LogP contribution in [0.1, 0.15) is 30.8 Å². The van der Waals surface area contributed by atoms with Gasteiger partial charge < -0.3 is 22.9 Å². The molecule has 1 aromatic carbocycles. The Bertz CT molecular complexity index is 845. The molecule has 166 valence electrons. The third kappa shape index (κ3) is 4.62. The second-order valence-electron chi connectivity index (χ2n) is 5.94. The van der Waals surface area contributed by atoms with Gasteiger partial charge in [0.05, 0.1) is 25.7 Å². The van der Waals surface area contributed by atoms with Gasteiger partial charge in [0, 0.05) is 18.2 Å². The molecular formula is C19H22F3O7P. The van der Waals surface area contributed by atoms with Crippen LogP contribution in [0.3, 0.4) is 0 Å². The van der Waals surface area contributed by atoms with Gasteiger partial charge in [-0.2, -0.15) is 13.2 Å². The SMILES string of the molecule is CCOP(=O)(OCC)[C@H](OC(=O)[C@](OC)(c1ccccc1)C(F)(F)F)c1ccoc1. The molecule has 30 heavy (non-hydrogen) atoms. The number of halogens is 3. The number of benzene rings is 1. The van der Waals surface area contributed by atoms with E-state index in [9.17, 15) is 22.5 Å². The van der Waals surface area contributed by atoms with Crippen molar-refractivity contribution in [2.45, 2.75) is 31.5 Å². The first-order valence-electron chi connectivity index (χ1n) is 8.95. The van der Waals surface area contributed by atoms with E-state index in [0.29, 0.717) is 0 Å². The molecule has 11 heteroatoms. The molecule has 1 heterocycles. The minimum Gasteiger partial charge on any atom is -0.472 e. The first-order valence-corrected chi connectivity index (χ1v) is 10.6. The highest BCUT2D eigenvalue weighted by molar-refractivity contribution is 7.54. The Balaban J connectivity index is 2.57. The smallest absolute Gasteiger partial charge is 0.432 e. The summed E-state index contributed by atoms with van der Waals surface area (Å²) in [7, 11) is -3.49. The van der Waals surface area contributed by atoms with Gasteiger partial charge in [-0.3, -0.25) is 4.57 Å². The monoisotopic (exact) mass is 450 g/mol. The van der Waals surface area contributed by atoms with Crippen LogP contribution in [0.15, 0.2) is 53.3 Å². The maximum absolute atomic E-state index is 14.1. The Morgan fingerprint density at radius 2 is 1.70 bits per heavy atom. The third-order valence-electron chi connectivity index (χ3n) is 4.13. The summed E-state index contributed by atoms with van der Waals surface area (Å²) in [5, 5.41) is 0. The topological polar surface area (TPSA) is 84.2 Å². The van der Waals surface area contributed by atoms with Crippen molar-refractivity contribution in [3.05, 3.63) is 60.1 Å². The van der Waals surface area contributed by atoms with Crippen LogP contribution in [-0.2, 0) is 33.5 Å². The van der Waals surface area contributed by atoms with E-state index in [1.54, 1.807) is 0 Å². The number of alkyl halides is 3. The predicted octanol–water partition coefficient (Wildman–Crippen LogP) is 5.19. The molecule has 2 rings (SSSR count). The molecule has 7 nitrogen and oxygen atoms in total. The van der Waals surface area contributed by atoms with Gasteiger partial charge in [-0.1, -0.05) is 30.3 Å². The van der Waals surface area contributed by atoms with Gasteiger partial charge in [0.25, 0.3) is 5.60 Å². The number of hydrogen-bond acceptors (Lipinski definition) is 7. The summed E-state index contributed by atoms with van der Waals surface area (Å²) < 4.78 is 80.8. The first-order chi connectivity index (χ1) is 14.2. The van der Waals surface area contributed by atoms with E-state index >= 15 is 0 Å². The molecule has 2 atom stereocenters. The Labute approximate surface area is 171 Å². The van der Waals surface area contributed by atoms with Gasteiger partial charge in [-0.05, 0) is 19.9 Å². The second-order valence-corrected chi connectivity index (χ2v) is 8.00. The molecule has 0 bridgehead atoms. The van der Waals surface area contributed by atoms with E-state index < -0.39 is 36.8 Å². The Hall–Kier alpha value is -2.13. The van der Waals surface area contributed by atoms with E-state index in [2.05, 4.69) is 0 Å². The number of carbonyl (C=O) groups is 1. The first kappa shape index (κ1) is 24.1. The van der Waals surface area contributed by atoms with Crippen molar-refractivity contribution in [3.8, 4) is 0 Å². The maximum Gasteiger partial charge on any atom is 0.432 e. The summed E-state index contributed by atoms with van der Waals surface area (Å²) in [6.07, 6.45) is -2.93. The molecule has 0 fully saturated rings. The second kappa shape index (κ2) is 9.78. The van der Waals surface area contributed by atoms with E-state index in [1.807, 2.05) is 0 Å². The van der Waals surface area contributed by atoms with Crippen molar-refractivity contribution < 1.29 is 45.5 Å².